The van der Waals surface area contributed by atoms with Crippen LogP contribution in [-0.2, 0) is 19.4 Å². The van der Waals surface area contributed by atoms with Gasteiger partial charge >= 0.3 is 0 Å². The second kappa shape index (κ2) is 13.2. The van der Waals surface area contributed by atoms with Gasteiger partial charge in [-0.3, -0.25) is 4.79 Å². The number of thiophene rings is 1. The van der Waals surface area contributed by atoms with Gasteiger partial charge in [0.2, 0.25) is 0 Å². The van der Waals surface area contributed by atoms with Crippen LogP contribution in [0.25, 0.3) is 0 Å². The number of para-hydroxylation sites is 1. The van der Waals surface area contributed by atoms with Gasteiger partial charge in [-0.05, 0) is 96.1 Å². The molecule has 0 spiro atoms. The number of halogens is 3. The molecular formula is C31H27BrCl2N2O3S. The van der Waals surface area contributed by atoms with E-state index in [2.05, 4.69) is 21.2 Å². The molecule has 40 heavy (non-hydrogen) atoms. The van der Waals surface area contributed by atoms with E-state index in [-0.39, 0.29) is 12.5 Å². The van der Waals surface area contributed by atoms with Gasteiger partial charge in [0.05, 0.1) is 16.6 Å². The summed E-state index contributed by atoms with van der Waals surface area (Å²) in [5.74, 6) is 1.02. The number of nitrogens with one attached hydrogen (secondary N) is 1. The first-order valence-corrected chi connectivity index (χ1v) is 15.4. The molecule has 9 heteroatoms. The fraction of sp³-hybridized carbons (Fsp3) is 0.226. The Kier molecular flexibility index (Phi) is 9.48. The van der Waals surface area contributed by atoms with E-state index in [9.17, 15) is 4.79 Å². The van der Waals surface area contributed by atoms with Crippen molar-refractivity contribution in [3.8, 4) is 11.5 Å². The Labute approximate surface area is 256 Å². The molecule has 5 rings (SSSR count). The van der Waals surface area contributed by atoms with Crippen LogP contribution in [-0.4, -0.2) is 18.7 Å². The van der Waals surface area contributed by atoms with E-state index in [1.165, 1.54) is 4.88 Å². The van der Waals surface area contributed by atoms with E-state index in [0.717, 1.165) is 52.5 Å². The fourth-order valence-corrected chi connectivity index (χ4v) is 6.85. The van der Waals surface area contributed by atoms with Crippen molar-refractivity contribution in [3.05, 3.63) is 102 Å². The van der Waals surface area contributed by atoms with Gasteiger partial charge < -0.3 is 14.8 Å². The van der Waals surface area contributed by atoms with Gasteiger partial charge in [0.15, 0.2) is 11.5 Å². The van der Waals surface area contributed by atoms with E-state index in [1.807, 2.05) is 55.5 Å². The summed E-state index contributed by atoms with van der Waals surface area (Å²) in [5.41, 5.74) is 4.18. The molecule has 1 aliphatic rings. The quantitative estimate of drug-likeness (QED) is 0.182. The molecule has 1 N–H and O–H groups in total. The van der Waals surface area contributed by atoms with Crippen LogP contribution in [0.3, 0.4) is 0 Å². The van der Waals surface area contributed by atoms with Crippen LogP contribution in [0.4, 0.5) is 10.7 Å². The Hall–Kier alpha value is -2.84. The molecule has 0 radical (unpaired) electrons. The number of aliphatic imine (C=N–C) groups is 1. The van der Waals surface area contributed by atoms with Crippen LogP contribution in [0, 0.1) is 0 Å². The number of amides is 1. The number of benzene rings is 3. The van der Waals surface area contributed by atoms with Gasteiger partial charge in [-0.25, -0.2) is 4.99 Å². The van der Waals surface area contributed by atoms with Crippen LogP contribution < -0.4 is 14.8 Å². The highest BCUT2D eigenvalue weighted by Gasteiger charge is 2.25. The van der Waals surface area contributed by atoms with Crippen molar-refractivity contribution in [2.24, 2.45) is 4.99 Å². The number of aryl methyl sites for hydroxylation is 1. The van der Waals surface area contributed by atoms with Gasteiger partial charge in [-0.2, -0.15) is 0 Å². The second-order valence-corrected chi connectivity index (χ2v) is 12.0. The highest BCUT2D eigenvalue weighted by atomic mass is 79.9. The first kappa shape index (κ1) is 28.7. The molecule has 0 unspecified atom stereocenters. The number of hydrogen-bond acceptors (Lipinski definition) is 5. The van der Waals surface area contributed by atoms with Crippen LogP contribution in [0.2, 0.25) is 10.0 Å². The molecule has 3 aromatic carbocycles. The lowest BCUT2D eigenvalue weighted by Gasteiger charge is -2.15. The monoisotopic (exact) mass is 656 g/mol. The molecular weight excluding hydrogens is 631 g/mol. The molecule has 0 saturated carbocycles. The molecule has 1 amide bonds. The van der Waals surface area contributed by atoms with Gasteiger partial charge in [-0.1, -0.05) is 47.5 Å². The fourth-order valence-electron chi connectivity index (χ4n) is 4.58. The molecule has 206 valence electrons. The second-order valence-electron chi connectivity index (χ2n) is 9.26. The topological polar surface area (TPSA) is 59.9 Å². The molecule has 0 atom stereocenters. The minimum atomic E-state index is -0.126. The number of nitrogens with zero attached hydrogens (tertiary/aromatic N) is 1. The molecule has 0 saturated heterocycles. The van der Waals surface area contributed by atoms with E-state index in [4.69, 9.17) is 37.7 Å². The van der Waals surface area contributed by atoms with Gasteiger partial charge in [-0.15, -0.1) is 11.3 Å². The number of fused-ring (bicyclic) bond motifs is 1. The van der Waals surface area contributed by atoms with Gasteiger partial charge in [0.25, 0.3) is 5.91 Å². The van der Waals surface area contributed by atoms with E-state index < -0.39 is 0 Å². The smallest absolute Gasteiger partial charge is 0.259 e. The summed E-state index contributed by atoms with van der Waals surface area (Å²) in [6.45, 7) is 2.64. The lowest BCUT2D eigenvalue weighted by molar-refractivity contribution is 0.102. The third-order valence-corrected chi connectivity index (χ3v) is 8.84. The summed E-state index contributed by atoms with van der Waals surface area (Å²) in [6, 6.07) is 18.6. The number of rotatable bonds is 9. The summed E-state index contributed by atoms with van der Waals surface area (Å²) >= 11 is 17.6. The molecule has 1 heterocycles. The van der Waals surface area contributed by atoms with Crippen molar-refractivity contribution in [2.45, 2.75) is 39.2 Å². The third kappa shape index (κ3) is 6.72. The van der Waals surface area contributed by atoms with Crippen molar-refractivity contribution in [2.75, 3.05) is 11.9 Å². The van der Waals surface area contributed by atoms with Crippen molar-refractivity contribution in [1.29, 1.82) is 0 Å². The molecule has 0 fully saturated rings. The zero-order valence-electron chi connectivity index (χ0n) is 21.8. The van der Waals surface area contributed by atoms with Gasteiger partial charge in [0, 0.05) is 32.4 Å². The minimum absolute atomic E-state index is 0.126. The third-order valence-electron chi connectivity index (χ3n) is 6.46. The Morgan fingerprint density at radius 1 is 1.07 bits per heavy atom. The molecule has 4 aromatic rings. The van der Waals surface area contributed by atoms with E-state index in [1.54, 1.807) is 29.7 Å². The number of anilines is 1. The number of hydrogen-bond donors (Lipinski definition) is 1. The van der Waals surface area contributed by atoms with Crippen molar-refractivity contribution >= 4 is 73.3 Å². The first-order chi connectivity index (χ1) is 19.4. The van der Waals surface area contributed by atoms with Crippen LogP contribution in [0.15, 0.2) is 70.1 Å². The maximum absolute atomic E-state index is 13.4. The summed E-state index contributed by atoms with van der Waals surface area (Å²) in [6.07, 6.45) is 5.84. The van der Waals surface area contributed by atoms with Crippen LogP contribution >= 0.6 is 50.5 Å². The molecule has 1 aliphatic carbocycles. The average molecular weight is 658 g/mol. The summed E-state index contributed by atoms with van der Waals surface area (Å²) < 4.78 is 12.7. The largest absolute Gasteiger partial charge is 0.490 e. The Balaban J connectivity index is 1.42. The van der Waals surface area contributed by atoms with Crippen molar-refractivity contribution in [1.82, 2.24) is 0 Å². The van der Waals surface area contributed by atoms with Crippen LogP contribution in [0.5, 0.6) is 11.5 Å². The Morgan fingerprint density at radius 2 is 1.88 bits per heavy atom. The predicted octanol–water partition coefficient (Wildman–Crippen LogP) is 9.68. The SMILES string of the molecule is CCOc1cc(C=Nc2sc3c(c2C(=O)Nc2ccccc2)CCCC3)cc(Br)c1OCc1ccc(Cl)cc1Cl. The lowest BCUT2D eigenvalue weighted by atomic mass is 9.95. The normalized spacial score (nSPS) is 12.8. The highest BCUT2D eigenvalue weighted by molar-refractivity contribution is 9.10. The number of carbonyl (C=O) groups is 1. The standard InChI is InChI=1S/C31H27BrCl2N2O3S/c1-2-38-26-15-19(14-24(32)29(26)39-18-20-12-13-21(33)16-25(20)34)17-35-31-28(23-10-6-7-11-27(23)40-31)30(37)36-22-8-4-3-5-9-22/h3-5,8-9,12-17H,2,6-7,10-11,18H2,1H3,(H,36,37). The summed E-state index contributed by atoms with van der Waals surface area (Å²) in [5, 5.41) is 4.87. The summed E-state index contributed by atoms with van der Waals surface area (Å²) in [7, 11) is 0. The minimum Gasteiger partial charge on any atom is -0.490 e. The van der Waals surface area contributed by atoms with E-state index in [0.29, 0.717) is 38.7 Å². The zero-order chi connectivity index (χ0) is 28.1. The molecule has 5 nitrogen and oxygen atoms in total. The molecule has 0 aliphatic heterocycles. The first-order valence-electron chi connectivity index (χ1n) is 13.0. The molecule has 1 aromatic heterocycles. The lowest BCUT2D eigenvalue weighted by Crippen LogP contribution is -2.14. The average Bonchev–Trinajstić information content (AvgIpc) is 3.32. The van der Waals surface area contributed by atoms with Crippen LogP contribution in [0.1, 0.15) is 51.7 Å². The van der Waals surface area contributed by atoms with Gasteiger partial charge in [0.1, 0.15) is 11.6 Å². The highest BCUT2D eigenvalue weighted by Crippen LogP contribution is 2.41. The maximum Gasteiger partial charge on any atom is 0.259 e. The van der Waals surface area contributed by atoms with E-state index >= 15 is 0 Å². The number of carbonyl (C=O) groups excluding carboxylic acids is 1. The van der Waals surface area contributed by atoms with Crippen molar-refractivity contribution < 1.29 is 14.3 Å². The Bertz CT molecular complexity index is 1560. The maximum atomic E-state index is 13.4. The predicted molar refractivity (Wildman–Crippen MR) is 169 cm³/mol. The van der Waals surface area contributed by atoms with Crippen molar-refractivity contribution in [3.63, 3.8) is 0 Å². The Morgan fingerprint density at radius 3 is 2.65 bits per heavy atom. The number of ether oxygens (including phenoxy) is 2. The molecule has 0 bridgehead atoms. The zero-order valence-corrected chi connectivity index (χ0v) is 25.7. The summed E-state index contributed by atoms with van der Waals surface area (Å²) in [4.78, 5) is 19.5.